The van der Waals surface area contributed by atoms with Crippen molar-refractivity contribution >= 4 is 22.9 Å². The molecule has 0 saturated carbocycles. The molecule has 1 heterocycles. The second-order valence-corrected chi connectivity index (χ2v) is 3.60. The van der Waals surface area contributed by atoms with E-state index in [4.69, 9.17) is 0 Å². The molecule has 2 rings (SSSR count). The lowest BCUT2D eigenvalue weighted by atomic mass is 9.97. The van der Waals surface area contributed by atoms with Gasteiger partial charge in [-0.15, -0.1) is 11.3 Å². The average molecular weight is 178 g/mol. The van der Waals surface area contributed by atoms with Gasteiger partial charge in [0.05, 0.1) is 4.88 Å². The van der Waals surface area contributed by atoms with Crippen molar-refractivity contribution in [1.29, 1.82) is 0 Å². The number of thiophene rings is 1. The Bertz CT molecular complexity index is 398. The number of hydrogen-bond donors (Lipinski definition) is 0. The van der Waals surface area contributed by atoms with Gasteiger partial charge in [0.2, 0.25) is 0 Å². The molecular formula is C9H6O2S. The maximum Gasteiger partial charge on any atom is 0.196 e. The van der Waals surface area contributed by atoms with Gasteiger partial charge in [0, 0.05) is 11.1 Å². The second-order valence-electron chi connectivity index (χ2n) is 2.68. The minimum absolute atomic E-state index is 0.0224. The normalized spacial score (nSPS) is 15.9. The Morgan fingerprint density at radius 2 is 2.08 bits per heavy atom. The van der Waals surface area contributed by atoms with Crippen LogP contribution in [0.2, 0.25) is 0 Å². The maximum atomic E-state index is 11.4. The second kappa shape index (κ2) is 2.38. The molecule has 0 unspecified atom stereocenters. The monoisotopic (exact) mass is 178 g/mol. The summed E-state index contributed by atoms with van der Waals surface area (Å²) in [6.07, 6.45) is 1.40. The number of carbonyl (C=O) groups excluding carboxylic acids is 2. The van der Waals surface area contributed by atoms with Gasteiger partial charge in [-0.05, 0) is 24.4 Å². The average Bonchev–Trinajstić information content (AvgIpc) is 2.48. The van der Waals surface area contributed by atoms with Crippen molar-refractivity contribution in [3.63, 3.8) is 0 Å². The molecule has 0 spiro atoms. The van der Waals surface area contributed by atoms with E-state index in [1.807, 2.05) is 0 Å². The molecule has 0 aromatic carbocycles. The van der Waals surface area contributed by atoms with E-state index < -0.39 is 0 Å². The predicted molar refractivity (Wildman–Crippen MR) is 46.7 cm³/mol. The molecule has 0 fully saturated rings. The van der Waals surface area contributed by atoms with Crippen LogP contribution in [0.1, 0.15) is 27.0 Å². The van der Waals surface area contributed by atoms with E-state index in [9.17, 15) is 9.59 Å². The van der Waals surface area contributed by atoms with Crippen LogP contribution >= 0.6 is 11.3 Å². The lowest BCUT2D eigenvalue weighted by Gasteiger charge is -2.06. The molecule has 3 heteroatoms. The Kier molecular flexibility index (Phi) is 1.48. The molecule has 0 bridgehead atoms. The Hall–Kier alpha value is -1.22. The van der Waals surface area contributed by atoms with Gasteiger partial charge in [0.15, 0.2) is 11.6 Å². The lowest BCUT2D eigenvalue weighted by molar-refractivity contribution is 0.0987. The summed E-state index contributed by atoms with van der Waals surface area (Å²) in [5, 5.41) is 1.77. The third kappa shape index (κ3) is 0.865. The summed E-state index contributed by atoms with van der Waals surface area (Å²) in [4.78, 5) is 23.3. The summed E-state index contributed by atoms with van der Waals surface area (Å²) in [6.45, 7) is 1.67. The zero-order chi connectivity index (χ0) is 8.72. The maximum absolute atomic E-state index is 11.4. The molecule has 12 heavy (non-hydrogen) atoms. The van der Waals surface area contributed by atoms with Gasteiger partial charge in [-0.3, -0.25) is 9.59 Å². The SMILES string of the molecule is CC1=CC(=O)c2sccc2C1=O. The summed E-state index contributed by atoms with van der Waals surface area (Å²) in [7, 11) is 0. The molecule has 0 atom stereocenters. The van der Waals surface area contributed by atoms with E-state index in [1.54, 1.807) is 18.4 Å². The summed E-state index contributed by atoms with van der Waals surface area (Å²) >= 11 is 1.32. The van der Waals surface area contributed by atoms with Gasteiger partial charge in [0.25, 0.3) is 0 Å². The first-order valence-electron chi connectivity index (χ1n) is 3.55. The van der Waals surface area contributed by atoms with Crippen LogP contribution in [0.15, 0.2) is 23.1 Å². The standard InChI is InChI=1S/C9H6O2S/c1-5-4-7(10)9-6(8(5)11)2-3-12-9/h2-4H,1H3. The van der Waals surface area contributed by atoms with E-state index in [1.165, 1.54) is 17.4 Å². The van der Waals surface area contributed by atoms with Crippen molar-refractivity contribution in [3.05, 3.63) is 33.5 Å². The van der Waals surface area contributed by atoms with Crippen LogP contribution in [0.5, 0.6) is 0 Å². The molecule has 0 radical (unpaired) electrons. The van der Waals surface area contributed by atoms with Crippen molar-refractivity contribution in [2.75, 3.05) is 0 Å². The molecular weight excluding hydrogens is 172 g/mol. The van der Waals surface area contributed by atoms with Crippen molar-refractivity contribution < 1.29 is 9.59 Å². The molecule has 1 aromatic heterocycles. The third-order valence-electron chi connectivity index (χ3n) is 1.84. The van der Waals surface area contributed by atoms with Gasteiger partial charge in [0.1, 0.15) is 0 Å². The van der Waals surface area contributed by atoms with E-state index in [-0.39, 0.29) is 11.6 Å². The molecule has 1 aliphatic carbocycles. The highest BCUT2D eigenvalue weighted by molar-refractivity contribution is 7.12. The first-order chi connectivity index (χ1) is 5.70. The van der Waals surface area contributed by atoms with Crippen molar-refractivity contribution in [2.24, 2.45) is 0 Å². The zero-order valence-corrected chi connectivity index (χ0v) is 7.27. The number of rotatable bonds is 0. The third-order valence-corrected chi connectivity index (χ3v) is 2.77. The number of ketones is 2. The van der Waals surface area contributed by atoms with Gasteiger partial charge < -0.3 is 0 Å². The van der Waals surface area contributed by atoms with Gasteiger partial charge >= 0.3 is 0 Å². The van der Waals surface area contributed by atoms with E-state index >= 15 is 0 Å². The fourth-order valence-corrected chi connectivity index (χ4v) is 2.02. The highest BCUT2D eigenvalue weighted by Crippen LogP contribution is 2.25. The van der Waals surface area contributed by atoms with E-state index in [0.717, 1.165) is 0 Å². The van der Waals surface area contributed by atoms with E-state index in [2.05, 4.69) is 0 Å². The molecule has 2 nitrogen and oxygen atoms in total. The van der Waals surface area contributed by atoms with Crippen LogP contribution in [0.3, 0.4) is 0 Å². The topological polar surface area (TPSA) is 34.1 Å². The summed E-state index contributed by atoms with van der Waals surface area (Å²) < 4.78 is 0. The largest absolute Gasteiger partial charge is 0.289 e. The van der Waals surface area contributed by atoms with Crippen LogP contribution in [0.4, 0.5) is 0 Å². The predicted octanol–water partition coefficient (Wildman–Crippen LogP) is 2.07. The fourth-order valence-electron chi connectivity index (χ4n) is 1.22. The van der Waals surface area contributed by atoms with Crippen LogP contribution in [0.25, 0.3) is 0 Å². The van der Waals surface area contributed by atoms with Gasteiger partial charge in [-0.1, -0.05) is 0 Å². The van der Waals surface area contributed by atoms with Crippen LogP contribution < -0.4 is 0 Å². The molecule has 1 aliphatic rings. The zero-order valence-electron chi connectivity index (χ0n) is 6.46. The quantitative estimate of drug-likeness (QED) is 0.609. The highest BCUT2D eigenvalue weighted by atomic mass is 32.1. The number of fused-ring (bicyclic) bond motifs is 1. The summed E-state index contributed by atoms with van der Waals surface area (Å²) in [5.74, 6) is -0.0667. The Morgan fingerprint density at radius 1 is 1.33 bits per heavy atom. The number of allylic oxidation sites excluding steroid dienone is 2. The first kappa shape index (κ1) is 7.43. The Balaban J connectivity index is 2.67. The van der Waals surface area contributed by atoms with Gasteiger partial charge in [-0.2, -0.15) is 0 Å². The van der Waals surface area contributed by atoms with Crippen LogP contribution in [-0.4, -0.2) is 11.6 Å². The minimum Gasteiger partial charge on any atom is -0.289 e. The molecule has 0 N–H and O–H groups in total. The van der Waals surface area contributed by atoms with Crippen LogP contribution in [0, 0.1) is 0 Å². The van der Waals surface area contributed by atoms with E-state index in [0.29, 0.717) is 16.0 Å². The number of Topliss-reactive ketones (excluding diaryl/α,β-unsaturated/α-hetero) is 1. The summed E-state index contributed by atoms with van der Waals surface area (Å²) in [6, 6.07) is 1.71. The summed E-state index contributed by atoms with van der Waals surface area (Å²) in [5.41, 5.74) is 1.09. The molecule has 0 saturated heterocycles. The molecule has 0 aliphatic heterocycles. The smallest absolute Gasteiger partial charge is 0.196 e. The minimum atomic E-state index is -0.0444. The Labute approximate surface area is 73.5 Å². The van der Waals surface area contributed by atoms with Crippen molar-refractivity contribution in [2.45, 2.75) is 6.92 Å². The molecule has 1 aromatic rings. The molecule has 0 amide bonds. The lowest BCUT2D eigenvalue weighted by Crippen LogP contribution is -2.12. The Morgan fingerprint density at radius 3 is 2.83 bits per heavy atom. The molecule has 60 valence electrons. The highest BCUT2D eigenvalue weighted by Gasteiger charge is 2.23. The fraction of sp³-hybridized carbons (Fsp3) is 0.111. The first-order valence-corrected chi connectivity index (χ1v) is 4.43. The van der Waals surface area contributed by atoms with Crippen LogP contribution in [-0.2, 0) is 0 Å². The van der Waals surface area contributed by atoms with Crippen molar-refractivity contribution in [1.82, 2.24) is 0 Å². The number of carbonyl (C=O) groups is 2. The van der Waals surface area contributed by atoms with Gasteiger partial charge in [-0.25, -0.2) is 0 Å². The van der Waals surface area contributed by atoms with Crippen molar-refractivity contribution in [3.8, 4) is 0 Å². The number of hydrogen-bond acceptors (Lipinski definition) is 3.